The van der Waals surface area contributed by atoms with Gasteiger partial charge in [-0.3, -0.25) is 9.69 Å². The van der Waals surface area contributed by atoms with Gasteiger partial charge in [-0.05, 0) is 63.1 Å². The van der Waals surface area contributed by atoms with Gasteiger partial charge in [-0.25, -0.2) is 0 Å². The SMILES string of the molecule is Cc1ccc(C(C)NC(=O)C2CCCN(Cc3nc(-c4ccc(Br)cc4)no3)C2)cc1. The molecule has 1 amide bonds. The molecule has 0 saturated carbocycles. The van der Waals surface area contributed by atoms with Crippen LogP contribution in [0.4, 0.5) is 0 Å². The first-order valence-corrected chi connectivity index (χ1v) is 11.4. The number of benzene rings is 2. The van der Waals surface area contributed by atoms with Crippen LogP contribution >= 0.6 is 15.9 Å². The van der Waals surface area contributed by atoms with Crippen LogP contribution in [0, 0.1) is 12.8 Å². The van der Waals surface area contributed by atoms with Crippen LogP contribution in [-0.2, 0) is 11.3 Å². The highest BCUT2D eigenvalue weighted by atomic mass is 79.9. The van der Waals surface area contributed by atoms with Gasteiger partial charge in [-0.1, -0.05) is 50.9 Å². The zero-order valence-corrected chi connectivity index (χ0v) is 19.4. The predicted molar refractivity (Wildman–Crippen MR) is 123 cm³/mol. The molecule has 7 heteroatoms. The Labute approximate surface area is 191 Å². The number of nitrogens with zero attached hydrogens (tertiary/aromatic N) is 3. The van der Waals surface area contributed by atoms with Crippen LogP contribution in [0.15, 0.2) is 57.5 Å². The Morgan fingerprint density at radius 3 is 2.71 bits per heavy atom. The highest BCUT2D eigenvalue weighted by Crippen LogP contribution is 2.22. The number of piperidine rings is 1. The van der Waals surface area contributed by atoms with E-state index in [4.69, 9.17) is 4.52 Å². The number of hydrogen-bond donors (Lipinski definition) is 1. The van der Waals surface area contributed by atoms with Crippen LogP contribution in [0.25, 0.3) is 11.4 Å². The van der Waals surface area contributed by atoms with Gasteiger partial charge in [0.05, 0.1) is 18.5 Å². The minimum absolute atomic E-state index is 0.00659. The number of likely N-dealkylation sites (tertiary alicyclic amines) is 1. The molecule has 1 aromatic heterocycles. The fourth-order valence-corrected chi connectivity index (χ4v) is 4.17. The highest BCUT2D eigenvalue weighted by molar-refractivity contribution is 9.10. The van der Waals surface area contributed by atoms with Gasteiger partial charge in [0, 0.05) is 16.6 Å². The van der Waals surface area contributed by atoms with Gasteiger partial charge in [0.2, 0.25) is 17.6 Å². The van der Waals surface area contributed by atoms with Gasteiger partial charge < -0.3 is 9.84 Å². The lowest BCUT2D eigenvalue weighted by Gasteiger charge is -2.31. The number of amides is 1. The van der Waals surface area contributed by atoms with Crippen molar-refractivity contribution in [2.75, 3.05) is 13.1 Å². The van der Waals surface area contributed by atoms with E-state index in [9.17, 15) is 4.79 Å². The first-order chi connectivity index (χ1) is 15.0. The summed E-state index contributed by atoms with van der Waals surface area (Å²) in [7, 11) is 0. The van der Waals surface area contributed by atoms with Crippen LogP contribution in [-0.4, -0.2) is 34.0 Å². The Bertz CT molecular complexity index is 1020. The van der Waals surface area contributed by atoms with Crippen molar-refractivity contribution < 1.29 is 9.32 Å². The van der Waals surface area contributed by atoms with E-state index in [1.54, 1.807) is 0 Å². The third-order valence-electron chi connectivity index (χ3n) is 5.74. The summed E-state index contributed by atoms with van der Waals surface area (Å²) in [6.07, 6.45) is 1.88. The maximum Gasteiger partial charge on any atom is 0.241 e. The highest BCUT2D eigenvalue weighted by Gasteiger charge is 2.27. The smallest absolute Gasteiger partial charge is 0.241 e. The van der Waals surface area contributed by atoms with E-state index >= 15 is 0 Å². The first kappa shape index (κ1) is 21.7. The number of halogens is 1. The lowest BCUT2D eigenvalue weighted by atomic mass is 9.96. The summed E-state index contributed by atoms with van der Waals surface area (Å²) in [5.74, 6) is 1.24. The molecule has 1 aliphatic rings. The van der Waals surface area contributed by atoms with Crippen molar-refractivity contribution in [3.63, 3.8) is 0 Å². The number of aromatic nitrogens is 2. The van der Waals surface area contributed by atoms with Crippen molar-refractivity contribution in [3.05, 3.63) is 70.0 Å². The normalized spacial score (nSPS) is 18.0. The van der Waals surface area contributed by atoms with Gasteiger partial charge in [0.1, 0.15) is 0 Å². The second-order valence-electron chi connectivity index (χ2n) is 8.23. The molecule has 0 aliphatic carbocycles. The topological polar surface area (TPSA) is 71.3 Å². The molecule has 6 nitrogen and oxygen atoms in total. The van der Waals surface area contributed by atoms with Crippen molar-refractivity contribution in [2.24, 2.45) is 5.92 Å². The van der Waals surface area contributed by atoms with E-state index in [1.165, 1.54) is 5.56 Å². The van der Waals surface area contributed by atoms with Gasteiger partial charge >= 0.3 is 0 Å². The van der Waals surface area contributed by atoms with E-state index in [1.807, 2.05) is 31.2 Å². The fourth-order valence-electron chi connectivity index (χ4n) is 3.91. The zero-order valence-electron chi connectivity index (χ0n) is 17.8. The van der Waals surface area contributed by atoms with Crippen LogP contribution < -0.4 is 5.32 Å². The van der Waals surface area contributed by atoms with E-state index in [0.29, 0.717) is 24.8 Å². The second-order valence-corrected chi connectivity index (χ2v) is 9.15. The van der Waals surface area contributed by atoms with Gasteiger partial charge in [-0.15, -0.1) is 0 Å². The molecule has 1 aliphatic heterocycles. The molecular weight excluding hydrogens is 456 g/mol. The molecule has 1 saturated heterocycles. The number of carbonyl (C=O) groups is 1. The van der Waals surface area contributed by atoms with E-state index < -0.39 is 0 Å². The Morgan fingerprint density at radius 1 is 1.23 bits per heavy atom. The summed E-state index contributed by atoms with van der Waals surface area (Å²) in [5, 5.41) is 7.29. The zero-order chi connectivity index (χ0) is 21.8. The molecule has 3 aromatic rings. The number of nitrogens with one attached hydrogen (secondary N) is 1. The number of aryl methyl sites for hydroxylation is 1. The average Bonchev–Trinajstić information content (AvgIpc) is 3.23. The molecule has 2 heterocycles. The largest absolute Gasteiger partial charge is 0.349 e. The molecule has 0 radical (unpaired) electrons. The summed E-state index contributed by atoms with van der Waals surface area (Å²) in [5.41, 5.74) is 3.26. The molecule has 0 spiro atoms. The van der Waals surface area contributed by atoms with Gasteiger partial charge in [0.25, 0.3) is 0 Å². The Balaban J connectivity index is 1.33. The number of hydrogen-bond acceptors (Lipinski definition) is 5. The summed E-state index contributed by atoms with van der Waals surface area (Å²) in [6.45, 7) is 6.27. The van der Waals surface area contributed by atoms with Crippen molar-refractivity contribution in [3.8, 4) is 11.4 Å². The van der Waals surface area contributed by atoms with E-state index in [0.717, 1.165) is 35.0 Å². The number of carbonyl (C=O) groups excluding carboxylic acids is 1. The third-order valence-corrected chi connectivity index (χ3v) is 6.27. The van der Waals surface area contributed by atoms with E-state index in [2.05, 4.69) is 67.5 Å². The standard InChI is InChI=1S/C24H27BrN4O2/c1-16-5-7-18(8-6-16)17(2)26-24(30)20-4-3-13-29(14-20)15-22-27-23(28-31-22)19-9-11-21(25)12-10-19/h5-12,17,20H,3-4,13-15H2,1-2H3,(H,26,30). The van der Waals surface area contributed by atoms with Crippen LogP contribution in [0.5, 0.6) is 0 Å². The maximum atomic E-state index is 12.9. The molecular formula is C24H27BrN4O2. The fraction of sp³-hybridized carbons (Fsp3) is 0.375. The summed E-state index contributed by atoms with van der Waals surface area (Å²) in [4.78, 5) is 19.6. The third kappa shape index (κ3) is 5.60. The predicted octanol–water partition coefficient (Wildman–Crippen LogP) is 4.90. The lowest BCUT2D eigenvalue weighted by Crippen LogP contribution is -2.43. The number of rotatable bonds is 6. The molecule has 4 rings (SSSR count). The van der Waals surface area contributed by atoms with Gasteiger partial charge in [0.15, 0.2) is 0 Å². The minimum atomic E-state index is -0.0319. The van der Waals surface area contributed by atoms with Crippen molar-refractivity contribution in [1.29, 1.82) is 0 Å². The maximum absolute atomic E-state index is 12.9. The summed E-state index contributed by atoms with van der Waals surface area (Å²) < 4.78 is 6.47. The Morgan fingerprint density at radius 2 is 1.97 bits per heavy atom. The first-order valence-electron chi connectivity index (χ1n) is 10.7. The van der Waals surface area contributed by atoms with Crippen molar-refractivity contribution in [2.45, 2.75) is 39.3 Å². The molecule has 1 N–H and O–H groups in total. The summed E-state index contributed by atoms with van der Waals surface area (Å²) in [6, 6.07) is 16.1. The quantitative estimate of drug-likeness (QED) is 0.540. The van der Waals surface area contributed by atoms with Crippen molar-refractivity contribution in [1.82, 2.24) is 20.4 Å². The Hall–Kier alpha value is -2.51. The monoisotopic (exact) mass is 482 g/mol. The Kier molecular flexibility index (Phi) is 6.83. The molecule has 31 heavy (non-hydrogen) atoms. The van der Waals surface area contributed by atoms with Crippen LogP contribution in [0.2, 0.25) is 0 Å². The lowest BCUT2D eigenvalue weighted by molar-refractivity contribution is -0.127. The average molecular weight is 483 g/mol. The van der Waals surface area contributed by atoms with Gasteiger partial charge in [-0.2, -0.15) is 4.98 Å². The molecule has 162 valence electrons. The summed E-state index contributed by atoms with van der Waals surface area (Å²) >= 11 is 3.43. The van der Waals surface area contributed by atoms with Crippen molar-refractivity contribution >= 4 is 21.8 Å². The van der Waals surface area contributed by atoms with E-state index in [-0.39, 0.29) is 17.9 Å². The molecule has 2 aromatic carbocycles. The minimum Gasteiger partial charge on any atom is -0.349 e. The molecule has 2 unspecified atom stereocenters. The molecule has 2 atom stereocenters. The second kappa shape index (κ2) is 9.75. The van der Waals surface area contributed by atoms with Crippen LogP contribution in [0.1, 0.15) is 42.8 Å². The molecule has 0 bridgehead atoms. The molecule has 1 fully saturated rings. The van der Waals surface area contributed by atoms with Crippen LogP contribution in [0.3, 0.4) is 0 Å².